The van der Waals surface area contributed by atoms with Crippen molar-refractivity contribution in [2.24, 2.45) is 0 Å². The van der Waals surface area contributed by atoms with E-state index in [-0.39, 0.29) is 11.7 Å². The summed E-state index contributed by atoms with van der Waals surface area (Å²) in [7, 11) is 1.71. The van der Waals surface area contributed by atoms with E-state index >= 15 is 0 Å². The number of nitrogens with zero attached hydrogens (tertiary/aromatic N) is 1. The highest BCUT2D eigenvalue weighted by atomic mass is 16.3. The molecule has 3 heteroatoms. The summed E-state index contributed by atoms with van der Waals surface area (Å²) in [6, 6.07) is 12.9. The van der Waals surface area contributed by atoms with Gasteiger partial charge in [0.15, 0.2) is 0 Å². The molecule has 2 aromatic rings. The zero-order valence-corrected chi connectivity index (χ0v) is 11.3. The van der Waals surface area contributed by atoms with Gasteiger partial charge in [-0.15, -0.1) is 0 Å². The van der Waals surface area contributed by atoms with Crippen LogP contribution in [0.5, 0.6) is 5.75 Å². The Morgan fingerprint density at radius 3 is 2.32 bits per heavy atom. The number of carbonyl (C=O) groups is 1. The van der Waals surface area contributed by atoms with Gasteiger partial charge in [-0.2, -0.15) is 0 Å². The number of phenolic OH excluding ortho intramolecular Hbond substituents is 1. The van der Waals surface area contributed by atoms with Crippen LogP contribution >= 0.6 is 0 Å². The molecule has 0 spiro atoms. The number of aryl methyl sites for hydroxylation is 2. The zero-order chi connectivity index (χ0) is 14.0. The predicted molar refractivity (Wildman–Crippen MR) is 76.8 cm³/mol. The van der Waals surface area contributed by atoms with Gasteiger partial charge in [0.05, 0.1) is 5.56 Å². The molecule has 0 fully saturated rings. The summed E-state index contributed by atoms with van der Waals surface area (Å²) in [5, 5.41) is 9.99. The van der Waals surface area contributed by atoms with Gasteiger partial charge in [-0.3, -0.25) is 4.79 Å². The van der Waals surface area contributed by atoms with E-state index in [9.17, 15) is 9.90 Å². The maximum Gasteiger partial charge on any atom is 0.261 e. The number of hydrogen-bond donors (Lipinski definition) is 1. The van der Waals surface area contributed by atoms with E-state index in [1.807, 2.05) is 31.2 Å². The van der Waals surface area contributed by atoms with Crippen molar-refractivity contribution in [3.05, 3.63) is 59.2 Å². The van der Waals surface area contributed by atoms with Crippen molar-refractivity contribution in [3.8, 4) is 5.75 Å². The van der Waals surface area contributed by atoms with Crippen molar-refractivity contribution in [1.29, 1.82) is 0 Å². The molecule has 0 heterocycles. The molecule has 0 aromatic heterocycles. The number of aromatic hydroxyl groups is 1. The third-order valence-corrected chi connectivity index (χ3v) is 3.25. The van der Waals surface area contributed by atoms with E-state index in [2.05, 4.69) is 0 Å². The molecule has 1 N–H and O–H groups in total. The molecule has 0 saturated heterocycles. The molecule has 0 aliphatic rings. The summed E-state index contributed by atoms with van der Waals surface area (Å²) in [6.07, 6.45) is 0. The van der Waals surface area contributed by atoms with Crippen LogP contribution in [0.1, 0.15) is 21.5 Å². The Bertz CT molecular complexity index is 620. The number of phenols is 1. The molecular weight excluding hydrogens is 238 g/mol. The second-order valence-electron chi connectivity index (χ2n) is 4.62. The molecule has 0 aliphatic heterocycles. The van der Waals surface area contributed by atoms with Gasteiger partial charge in [-0.1, -0.05) is 30.3 Å². The minimum absolute atomic E-state index is 0.0490. The van der Waals surface area contributed by atoms with Crippen LogP contribution in [0.15, 0.2) is 42.5 Å². The molecule has 0 bridgehead atoms. The van der Waals surface area contributed by atoms with Crippen LogP contribution in [0.3, 0.4) is 0 Å². The van der Waals surface area contributed by atoms with E-state index in [1.54, 1.807) is 37.1 Å². The molecule has 2 aromatic carbocycles. The SMILES string of the molecule is Cc1ccccc1N(C)C(=O)c1cccc(C)c1O. The molecule has 3 nitrogen and oxygen atoms in total. The number of benzene rings is 2. The number of rotatable bonds is 2. The second kappa shape index (κ2) is 5.14. The fraction of sp³-hybridized carbons (Fsp3) is 0.188. The highest BCUT2D eigenvalue weighted by Crippen LogP contribution is 2.26. The third kappa shape index (κ3) is 2.45. The quantitative estimate of drug-likeness (QED) is 0.894. The number of amides is 1. The molecular formula is C16H17NO2. The van der Waals surface area contributed by atoms with E-state index in [4.69, 9.17) is 0 Å². The Balaban J connectivity index is 2.40. The second-order valence-corrected chi connectivity index (χ2v) is 4.62. The first-order valence-corrected chi connectivity index (χ1v) is 6.14. The summed E-state index contributed by atoms with van der Waals surface area (Å²) >= 11 is 0. The smallest absolute Gasteiger partial charge is 0.261 e. The van der Waals surface area contributed by atoms with E-state index in [0.717, 1.165) is 11.3 Å². The average molecular weight is 255 g/mol. The topological polar surface area (TPSA) is 40.5 Å². The van der Waals surface area contributed by atoms with Crippen LogP contribution in [0.2, 0.25) is 0 Å². The minimum atomic E-state index is -0.212. The Morgan fingerprint density at radius 2 is 1.63 bits per heavy atom. The predicted octanol–water partition coefficient (Wildman–Crippen LogP) is 3.29. The van der Waals surface area contributed by atoms with E-state index in [1.165, 1.54) is 0 Å². The third-order valence-electron chi connectivity index (χ3n) is 3.25. The van der Waals surface area contributed by atoms with Gasteiger partial charge in [0.1, 0.15) is 5.75 Å². The van der Waals surface area contributed by atoms with Gasteiger partial charge >= 0.3 is 0 Å². The maximum absolute atomic E-state index is 12.4. The molecule has 19 heavy (non-hydrogen) atoms. The van der Waals surface area contributed by atoms with Gasteiger partial charge in [0.25, 0.3) is 5.91 Å². The fourth-order valence-corrected chi connectivity index (χ4v) is 2.06. The molecule has 98 valence electrons. The molecule has 0 saturated carbocycles. The molecule has 0 atom stereocenters. The van der Waals surface area contributed by atoms with Crippen LogP contribution in [-0.2, 0) is 0 Å². The number of para-hydroxylation sites is 2. The molecule has 0 radical (unpaired) electrons. The van der Waals surface area contributed by atoms with Gasteiger partial charge in [0, 0.05) is 12.7 Å². The Labute approximate surface area is 113 Å². The van der Waals surface area contributed by atoms with Crippen molar-refractivity contribution in [3.63, 3.8) is 0 Å². The number of hydrogen-bond acceptors (Lipinski definition) is 2. The van der Waals surface area contributed by atoms with Crippen molar-refractivity contribution >= 4 is 11.6 Å². The lowest BCUT2D eigenvalue weighted by molar-refractivity contribution is 0.0990. The van der Waals surface area contributed by atoms with Crippen molar-refractivity contribution < 1.29 is 9.90 Å². The van der Waals surface area contributed by atoms with Crippen LogP contribution in [0.4, 0.5) is 5.69 Å². The van der Waals surface area contributed by atoms with Gasteiger partial charge < -0.3 is 10.0 Å². The standard InChI is InChI=1S/C16H17NO2/c1-11-7-4-5-10-14(11)17(3)16(19)13-9-6-8-12(2)15(13)18/h4-10,18H,1-3H3. The van der Waals surface area contributed by atoms with E-state index < -0.39 is 0 Å². The van der Waals surface area contributed by atoms with Crippen LogP contribution in [0.25, 0.3) is 0 Å². The zero-order valence-electron chi connectivity index (χ0n) is 11.3. The molecule has 0 unspecified atom stereocenters. The monoisotopic (exact) mass is 255 g/mol. The number of carbonyl (C=O) groups excluding carboxylic acids is 1. The summed E-state index contributed by atoms with van der Waals surface area (Å²) in [5.41, 5.74) is 2.88. The van der Waals surface area contributed by atoms with Crippen LogP contribution in [0, 0.1) is 13.8 Å². The fourth-order valence-electron chi connectivity index (χ4n) is 2.06. The largest absolute Gasteiger partial charge is 0.507 e. The lowest BCUT2D eigenvalue weighted by atomic mass is 10.1. The van der Waals surface area contributed by atoms with Gasteiger partial charge in [-0.05, 0) is 37.1 Å². The number of anilines is 1. The maximum atomic E-state index is 12.4. The summed E-state index contributed by atoms with van der Waals surface area (Å²) in [5.74, 6) is -0.163. The Kier molecular flexibility index (Phi) is 3.56. The lowest BCUT2D eigenvalue weighted by Gasteiger charge is -2.20. The van der Waals surface area contributed by atoms with E-state index in [0.29, 0.717) is 11.1 Å². The summed E-state index contributed by atoms with van der Waals surface area (Å²) in [6.45, 7) is 3.73. The summed E-state index contributed by atoms with van der Waals surface area (Å²) in [4.78, 5) is 14.0. The molecule has 1 amide bonds. The van der Waals surface area contributed by atoms with Crippen LogP contribution < -0.4 is 4.90 Å². The van der Waals surface area contributed by atoms with Crippen molar-refractivity contribution in [2.75, 3.05) is 11.9 Å². The van der Waals surface area contributed by atoms with Gasteiger partial charge in [0.2, 0.25) is 0 Å². The van der Waals surface area contributed by atoms with Gasteiger partial charge in [-0.25, -0.2) is 0 Å². The first kappa shape index (κ1) is 13.1. The van der Waals surface area contributed by atoms with Crippen molar-refractivity contribution in [1.82, 2.24) is 0 Å². The lowest BCUT2D eigenvalue weighted by Crippen LogP contribution is -2.27. The Hall–Kier alpha value is -2.29. The molecule has 0 aliphatic carbocycles. The minimum Gasteiger partial charge on any atom is -0.507 e. The first-order chi connectivity index (χ1) is 9.02. The first-order valence-electron chi connectivity index (χ1n) is 6.14. The average Bonchev–Trinajstić information content (AvgIpc) is 2.41. The Morgan fingerprint density at radius 1 is 1.00 bits per heavy atom. The summed E-state index contributed by atoms with van der Waals surface area (Å²) < 4.78 is 0. The highest BCUT2D eigenvalue weighted by Gasteiger charge is 2.18. The van der Waals surface area contributed by atoms with Crippen molar-refractivity contribution in [2.45, 2.75) is 13.8 Å². The van der Waals surface area contributed by atoms with Crippen LogP contribution in [-0.4, -0.2) is 18.1 Å². The normalized spacial score (nSPS) is 10.3. The highest BCUT2D eigenvalue weighted by molar-refractivity contribution is 6.08. The molecule has 2 rings (SSSR count).